The van der Waals surface area contributed by atoms with Crippen molar-refractivity contribution >= 4 is 24.7 Å². The SMILES string of the molecule is CCCC(=O)OCCOCCOCCO[Si](c1ccccc1)(c1ccccc1)C(C)(C)C. The van der Waals surface area contributed by atoms with E-state index in [-0.39, 0.29) is 17.6 Å². The van der Waals surface area contributed by atoms with E-state index in [4.69, 9.17) is 18.6 Å². The maximum Gasteiger partial charge on any atom is 0.305 e. The molecule has 0 unspecified atom stereocenters. The number of esters is 1. The Labute approximate surface area is 194 Å². The van der Waals surface area contributed by atoms with Crippen LogP contribution in [0.5, 0.6) is 0 Å². The fraction of sp³-hybridized carbons (Fsp3) is 0.500. The van der Waals surface area contributed by atoms with Crippen LogP contribution in [0, 0.1) is 0 Å². The predicted molar refractivity (Wildman–Crippen MR) is 131 cm³/mol. The number of carbonyl (C=O) groups is 1. The molecular formula is C26H38O5Si. The van der Waals surface area contributed by atoms with Gasteiger partial charge in [0.05, 0.1) is 33.0 Å². The number of carbonyl (C=O) groups excluding carboxylic acids is 1. The highest BCUT2D eigenvalue weighted by atomic mass is 28.4. The summed E-state index contributed by atoms with van der Waals surface area (Å²) in [5, 5.41) is 2.48. The Balaban J connectivity index is 1.87. The molecule has 0 aromatic heterocycles. The molecule has 0 radical (unpaired) electrons. The first-order valence-electron chi connectivity index (χ1n) is 11.5. The van der Waals surface area contributed by atoms with Gasteiger partial charge in [0.15, 0.2) is 0 Å². The van der Waals surface area contributed by atoms with Gasteiger partial charge in [-0.2, -0.15) is 0 Å². The first-order chi connectivity index (χ1) is 15.4. The van der Waals surface area contributed by atoms with E-state index in [0.717, 1.165) is 6.42 Å². The van der Waals surface area contributed by atoms with Crippen molar-refractivity contribution in [3.05, 3.63) is 60.7 Å². The molecule has 6 heteroatoms. The standard InChI is InChI=1S/C26H38O5Si/c1-5-12-25(27)30-21-19-28-17-18-29-20-22-31-32(26(2,3)4,23-13-8-6-9-14-23)24-15-10-7-11-16-24/h6-11,13-16H,5,12,17-22H2,1-4H3. The average Bonchev–Trinajstić information content (AvgIpc) is 2.78. The summed E-state index contributed by atoms with van der Waals surface area (Å²) in [6.07, 6.45) is 1.25. The fourth-order valence-electron chi connectivity index (χ4n) is 3.83. The molecule has 0 saturated carbocycles. The number of benzene rings is 2. The lowest BCUT2D eigenvalue weighted by Gasteiger charge is -2.43. The van der Waals surface area contributed by atoms with Gasteiger partial charge < -0.3 is 18.6 Å². The van der Waals surface area contributed by atoms with Crippen LogP contribution in [0.4, 0.5) is 0 Å². The number of ether oxygens (including phenoxy) is 3. The van der Waals surface area contributed by atoms with Crippen molar-refractivity contribution in [1.29, 1.82) is 0 Å². The molecule has 0 amide bonds. The van der Waals surface area contributed by atoms with Crippen LogP contribution >= 0.6 is 0 Å². The van der Waals surface area contributed by atoms with Crippen LogP contribution in [0.2, 0.25) is 5.04 Å². The lowest BCUT2D eigenvalue weighted by atomic mass is 10.2. The van der Waals surface area contributed by atoms with E-state index < -0.39 is 8.32 Å². The molecule has 0 spiro atoms. The van der Waals surface area contributed by atoms with Gasteiger partial charge >= 0.3 is 5.97 Å². The van der Waals surface area contributed by atoms with Gasteiger partial charge in [0.25, 0.3) is 8.32 Å². The van der Waals surface area contributed by atoms with Gasteiger partial charge in [0.2, 0.25) is 0 Å². The molecule has 0 atom stereocenters. The van der Waals surface area contributed by atoms with E-state index in [1.165, 1.54) is 10.4 Å². The highest BCUT2D eigenvalue weighted by Gasteiger charge is 2.49. The van der Waals surface area contributed by atoms with Crippen molar-refractivity contribution in [3.8, 4) is 0 Å². The Hall–Kier alpha value is -1.99. The number of rotatable bonds is 14. The van der Waals surface area contributed by atoms with Crippen LogP contribution in [0.15, 0.2) is 60.7 Å². The summed E-state index contributed by atoms with van der Waals surface area (Å²) in [6, 6.07) is 21.2. The number of hydrogen-bond acceptors (Lipinski definition) is 5. The molecule has 2 aromatic rings. The van der Waals surface area contributed by atoms with Gasteiger partial charge in [0, 0.05) is 6.42 Å². The molecule has 176 valence electrons. The Morgan fingerprint density at radius 2 is 1.22 bits per heavy atom. The van der Waals surface area contributed by atoms with Crippen molar-refractivity contribution in [2.75, 3.05) is 39.6 Å². The molecule has 0 aliphatic heterocycles. The van der Waals surface area contributed by atoms with Gasteiger partial charge in [-0.25, -0.2) is 0 Å². The van der Waals surface area contributed by atoms with E-state index in [1.54, 1.807) is 0 Å². The second-order valence-corrected chi connectivity index (χ2v) is 13.0. The Bertz CT molecular complexity index is 734. The van der Waals surface area contributed by atoms with Crippen molar-refractivity contribution < 1.29 is 23.4 Å². The minimum Gasteiger partial charge on any atom is -0.463 e. The normalized spacial score (nSPS) is 12.0. The maximum atomic E-state index is 11.3. The van der Waals surface area contributed by atoms with Crippen LogP contribution in [0.25, 0.3) is 0 Å². The topological polar surface area (TPSA) is 54.0 Å². The van der Waals surface area contributed by atoms with Gasteiger partial charge in [-0.3, -0.25) is 4.79 Å². The van der Waals surface area contributed by atoms with Crippen molar-refractivity contribution in [2.45, 2.75) is 45.6 Å². The third kappa shape index (κ3) is 7.55. The van der Waals surface area contributed by atoms with E-state index >= 15 is 0 Å². The second-order valence-electron chi connectivity index (χ2n) is 8.71. The molecule has 0 aliphatic carbocycles. The molecule has 0 bridgehead atoms. The first kappa shape index (κ1) is 26.3. The molecule has 0 N–H and O–H groups in total. The minimum absolute atomic E-state index is 0.0476. The van der Waals surface area contributed by atoms with Crippen LogP contribution in [-0.4, -0.2) is 53.9 Å². The maximum absolute atomic E-state index is 11.3. The predicted octanol–water partition coefficient (Wildman–Crippen LogP) is 3.94. The van der Waals surface area contributed by atoms with Crippen molar-refractivity contribution in [3.63, 3.8) is 0 Å². The summed E-state index contributed by atoms with van der Waals surface area (Å²) in [6.45, 7) is 11.4. The molecule has 2 rings (SSSR count). The summed E-state index contributed by atoms with van der Waals surface area (Å²) in [4.78, 5) is 11.3. The molecule has 5 nitrogen and oxygen atoms in total. The summed E-state index contributed by atoms with van der Waals surface area (Å²) in [7, 11) is -2.51. The molecule has 32 heavy (non-hydrogen) atoms. The molecule has 0 saturated heterocycles. The van der Waals surface area contributed by atoms with Crippen molar-refractivity contribution in [1.82, 2.24) is 0 Å². The lowest BCUT2D eigenvalue weighted by Crippen LogP contribution is -2.66. The summed E-state index contributed by atoms with van der Waals surface area (Å²) in [5.74, 6) is -0.173. The van der Waals surface area contributed by atoms with E-state index in [1.807, 2.05) is 19.1 Å². The van der Waals surface area contributed by atoms with Crippen LogP contribution in [0.3, 0.4) is 0 Å². The zero-order valence-electron chi connectivity index (χ0n) is 20.0. The third-order valence-corrected chi connectivity index (χ3v) is 10.3. The molecule has 0 fully saturated rings. The number of hydrogen-bond donors (Lipinski definition) is 0. The zero-order valence-corrected chi connectivity index (χ0v) is 21.0. The molecule has 2 aromatic carbocycles. The molecule has 0 aliphatic rings. The smallest absolute Gasteiger partial charge is 0.305 e. The first-order valence-corrected chi connectivity index (χ1v) is 13.4. The summed E-state index contributed by atoms with van der Waals surface area (Å²) >= 11 is 0. The van der Waals surface area contributed by atoms with Gasteiger partial charge in [-0.1, -0.05) is 88.4 Å². The van der Waals surface area contributed by atoms with Crippen molar-refractivity contribution in [2.24, 2.45) is 0 Å². The van der Waals surface area contributed by atoms with Crippen LogP contribution < -0.4 is 10.4 Å². The van der Waals surface area contributed by atoms with Gasteiger partial charge in [0.1, 0.15) is 6.61 Å². The van der Waals surface area contributed by atoms with E-state index in [9.17, 15) is 4.79 Å². The highest BCUT2D eigenvalue weighted by molar-refractivity contribution is 6.99. The Kier molecular flexibility index (Phi) is 11.1. The van der Waals surface area contributed by atoms with Gasteiger partial charge in [-0.05, 0) is 21.8 Å². The van der Waals surface area contributed by atoms with E-state index in [2.05, 4.69) is 69.3 Å². The largest absolute Gasteiger partial charge is 0.463 e. The van der Waals surface area contributed by atoms with Crippen LogP contribution in [0.1, 0.15) is 40.5 Å². The third-order valence-electron chi connectivity index (χ3n) is 5.28. The highest BCUT2D eigenvalue weighted by Crippen LogP contribution is 2.36. The fourth-order valence-corrected chi connectivity index (χ4v) is 8.37. The lowest BCUT2D eigenvalue weighted by molar-refractivity contribution is -0.145. The Morgan fingerprint density at radius 3 is 1.69 bits per heavy atom. The molecular weight excluding hydrogens is 420 g/mol. The van der Waals surface area contributed by atoms with Gasteiger partial charge in [-0.15, -0.1) is 0 Å². The zero-order chi connectivity index (χ0) is 23.3. The van der Waals surface area contributed by atoms with Crippen LogP contribution in [-0.2, 0) is 23.4 Å². The second kappa shape index (κ2) is 13.5. The quantitative estimate of drug-likeness (QED) is 0.244. The summed E-state index contributed by atoms with van der Waals surface area (Å²) in [5.41, 5.74) is 0. The van der Waals surface area contributed by atoms with E-state index in [0.29, 0.717) is 39.5 Å². The molecule has 0 heterocycles. The average molecular weight is 459 g/mol. The summed E-state index contributed by atoms with van der Waals surface area (Å²) < 4.78 is 23.0. The Morgan fingerprint density at radius 1 is 0.750 bits per heavy atom. The monoisotopic (exact) mass is 458 g/mol. The minimum atomic E-state index is -2.51.